The number of carboxylic acid groups (broad SMARTS) is 1. The topological polar surface area (TPSA) is 96.2 Å². The fraction of sp³-hybridized carbons (Fsp3) is 0.900. The number of hydrogen-bond donors (Lipinski definition) is 3. The van der Waals surface area contributed by atoms with Gasteiger partial charge in [-0.25, -0.2) is 4.79 Å². The molecule has 1 fully saturated rings. The van der Waals surface area contributed by atoms with Gasteiger partial charge in [-0.3, -0.25) is 0 Å². The first kappa shape index (κ1) is 13.4. The highest BCUT2D eigenvalue weighted by Crippen LogP contribution is 2.28. The van der Waals surface area contributed by atoms with Gasteiger partial charge in [0.2, 0.25) is 0 Å². The zero-order valence-corrected chi connectivity index (χ0v) is 9.37. The average Bonchev–Trinajstić information content (AvgIpc) is 2.24. The first-order valence-electron chi connectivity index (χ1n) is 5.26. The molecular formula is C10H18O6. The van der Waals surface area contributed by atoms with Gasteiger partial charge >= 0.3 is 5.97 Å². The van der Waals surface area contributed by atoms with E-state index >= 15 is 0 Å². The number of carbonyl (C=O) groups is 1. The van der Waals surface area contributed by atoms with Crippen LogP contribution in [0.1, 0.15) is 13.3 Å². The van der Waals surface area contributed by atoms with Crippen molar-refractivity contribution in [2.24, 2.45) is 5.92 Å². The van der Waals surface area contributed by atoms with E-state index in [4.69, 9.17) is 14.6 Å². The van der Waals surface area contributed by atoms with Gasteiger partial charge in [0.15, 0.2) is 6.10 Å². The molecule has 2 unspecified atom stereocenters. The molecule has 6 heteroatoms. The van der Waals surface area contributed by atoms with Crippen LogP contribution in [0.4, 0.5) is 0 Å². The molecule has 6 nitrogen and oxygen atoms in total. The molecule has 5 atom stereocenters. The van der Waals surface area contributed by atoms with Crippen LogP contribution in [0.15, 0.2) is 0 Å². The van der Waals surface area contributed by atoms with Crippen LogP contribution in [-0.4, -0.2) is 59.4 Å². The molecule has 0 aromatic heterocycles. The number of carboxylic acids is 1. The molecule has 0 bridgehead atoms. The molecule has 1 aliphatic rings. The molecule has 0 amide bonds. The highest BCUT2D eigenvalue weighted by Gasteiger charge is 2.46. The standard InChI is InChI=1S/C10H18O6/c1-3-5-7(11)8(12)6(4-15-2)16-9(5)10(13)14/h5-9,11-12H,3-4H2,1-2H3,(H,13,14)/t5-,6-,7+,8?,9?/m0/s1. The molecule has 0 radical (unpaired) electrons. The highest BCUT2D eigenvalue weighted by molar-refractivity contribution is 5.73. The van der Waals surface area contributed by atoms with Crippen molar-refractivity contribution >= 4 is 5.97 Å². The summed E-state index contributed by atoms with van der Waals surface area (Å²) in [5, 5.41) is 28.5. The lowest BCUT2D eigenvalue weighted by atomic mass is 9.85. The van der Waals surface area contributed by atoms with E-state index in [0.717, 1.165) is 0 Å². The third-order valence-electron chi connectivity index (χ3n) is 2.93. The Hall–Kier alpha value is -0.690. The van der Waals surface area contributed by atoms with E-state index in [-0.39, 0.29) is 6.61 Å². The van der Waals surface area contributed by atoms with E-state index < -0.39 is 36.3 Å². The summed E-state index contributed by atoms with van der Waals surface area (Å²) < 4.78 is 10.0. The summed E-state index contributed by atoms with van der Waals surface area (Å²) in [5.41, 5.74) is 0. The third kappa shape index (κ3) is 2.52. The Bertz CT molecular complexity index is 241. The van der Waals surface area contributed by atoms with Crippen molar-refractivity contribution in [1.29, 1.82) is 0 Å². The number of hydrogen-bond acceptors (Lipinski definition) is 5. The number of aliphatic carboxylic acids is 1. The van der Waals surface area contributed by atoms with Crippen molar-refractivity contribution in [3.8, 4) is 0 Å². The minimum Gasteiger partial charge on any atom is -0.479 e. The Balaban J connectivity index is 2.81. The Kier molecular flexibility index (Phi) is 4.67. The molecule has 94 valence electrons. The zero-order valence-electron chi connectivity index (χ0n) is 9.37. The van der Waals surface area contributed by atoms with E-state index in [9.17, 15) is 15.0 Å². The molecule has 0 saturated carbocycles. The minimum atomic E-state index is -1.13. The lowest BCUT2D eigenvalue weighted by Crippen LogP contribution is -2.57. The fourth-order valence-corrected chi connectivity index (χ4v) is 2.02. The van der Waals surface area contributed by atoms with E-state index in [0.29, 0.717) is 6.42 Å². The van der Waals surface area contributed by atoms with E-state index in [2.05, 4.69) is 0 Å². The summed E-state index contributed by atoms with van der Waals surface area (Å²) in [4.78, 5) is 11.0. The molecule has 1 heterocycles. The zero-order chi connectivity index (χ0) is 12.3. The molecule has 16 heavy (non-hydrogen) atoms. The Morgan fingerprint density at radius 2 is 2.00 bits per heavy atom. The predicted octanol–water partition coefficient (Wildman–Crippen LogP) is -0.767. The second-order valence-corrected chi connectivity index (χ2v) is 3.94. The van der Waals surface area contributed by atoms with Gasteiger partial charge in [-0.1, -0.05) is 6.92 Å². The van der Waals surface area contributed by atoms with Crippen molar-refractivity contribution < 1.29 is 29.6 Å². The molecular weight excluding hydrogens is 216 g/mol. The van der Waals surface area contributed by atoms with Crippen LogP contribution in [0.25, 0.3) is 0 Å². The molecule has 0 spiro atoms. The van der Waals surface area contributed by atoms with Gasteiger partial charge in [0.25, 0.3) is 0 Å². The van der Waals surface area contributed by atoms with Crippen LogP contribution in [-0.2, 0) is 14.3 Å². The lowest BCUT2D eigenvalue weighted by Gasteiger charge is -2.40. The largest absolute Gasteiger partial charge is 0.479 e. The number of methoxy groups -OCH3 is 1. The summed E-state index contributed by atoms with van der Waals surface area (Å²) in [6.45, 7) is 1.80. The van der Waals surface area contributed by atoms with Gasteiger partial charge < -0.3 is 24.8 Å². The first-order chi connectivity index (χ1) is 7.52. The minimum absolute atomic E-state index is 0.0540. The van der Waals surface area contributed by atoms with Crippen molar-refractivity contribution in [2.75, 3.05) is 13.7 Å². The quantitative estimate of drug-likeness (QED) is 0.591. The lowest BCUT2D eigenvalue weighted by molar-refractivity contribution is -0.219. The maximum absolute atomic E-state index is 11.0. The second kappa shape index (κ2) is 5.58. The first-order valence-corrected chi connectivity index (χ1v) is 5.26. The number of aliphatic hydroxyl groups is 2. The normalized spacial score (nSPS) is 39.6. The van der Waals surface area contributed by atoms with Gasteiger partial charge in [-0.15, -0.1) is 0 Å². The van der Waals surface area contributed by atoms with Crippen LogP contribution in [0, 0.1) is 5.92 Å². The predicted molar refractivity (Wildman–Crippen MR) is 54.0 cm³/mol. The summed E-state index contributed by atoms with van der Waals surface area (Å²) in [5.74, 6) is -1.72. The summed E-state index contributed by atoms with van der Waals surface area (Å²) in [6.07, 6.45) is -3.68. The summed E-state index contributed by atoms with van der Waals surface area (Å²) >= 11 is 0. The summed E-state index contributed by atoms with van der Waals surface area (Å²) in [7, 11) is 1.42. The van der Waals surface area contributed by atoms with E-state index in [1.54, 1.807) is 6.92 Å². The molecule has 1 rings (SSSR count). The third-order valence-corrected chi connectivity index (χ3v) is 2.93. The molecule has 0 aromatic rings. The monoisotopic (exact) mass is 234 g/mol. The SMILES string of the molecule is CC[C@@H]1C(C(=O)O)O[C@@H](COC)C(O)[C@@H]1O. The Morgan fingerprint density at radius 1 is 1.38 bits per heavy atom. The molecule has 1 saturated heterocycles. The van der Waals surface area contributed by atoms with Crippen LogP contribution < -0.4 is 0 Å². The maximum Gasteiger partial charge on any atom is 0.333 e. The van der Waals surface area contributed by atoms with Crippen molar-refractivity contribution in [2.45, 2.75) is 37.8 Å². The van der Waals surface area contributed by atoms with E-state index in [1.807, 2.05) is 0 Å². The molecule has 0 aliphatic carbocycles. The number of rotatable bonds is 4. The Labute approximate surface area is 93.8 Å². The van der Waals surface area contributed by atoms with Crippen molar-refractivity contribution in [3.05, 3.63) is 0 Å². The van der Waals surface area contributed by atoms with Crippen LogP contribution >= 0.6 is 0 Å². The van der Waals surface area contributed by atoms with Gasteiger partial charge in [0.1, 0.15) is 12.2 Å². The van der Waals surface area contributed by atoms with Crippen LogP contribution in [0.2, 0.25) is 0 Å². The van der Waals surface area contributed by atoms with Gasteiger partial charge in [0.05, 0.1) is 12.7 Å². The highest BCUT2D eigenvalue weighted by atomic mass is 16.6. The summed E-state index contributed by atoms with van der Waals surface area (Å²) in [6, 6.07) is 0. The molecule has 3 N–H and O–H groups in total. The van der Waals surface area contributed by atoms with Crippen molar-refractivity contribution in [1.82, 2.24) is 0 Å². The molecule has 1 aliphatic heterocycles. The number of ether oxygens (including phenoxy) is 2. The average molecular weight is 234 g/mol. The van der Waals surface area contributed by atoms with E-state index in [1.165, 1.54) is 7.11 Å². The van der Waals surface area contributed by atoms with Crippen molar-refractivity contribution in [3.63, 3.8) is 0 Å². The molecule has 0 aromatic carbocycles. The smallest absolute Gasteiger partial charge is 0.333 e. The fourth-order valence-electron chi connectivity index (χ4n) is 2.02. The Morgan fingerprint density at radius 3 is 2.44 bits per heavy atom. The van der Waals surface area contributed by atoms with Crippen LogP contribution in [0.5, 0.6) is 0 Å². The van der Waals surface area contributed by atoms with Gasteiger partial charge in [0, 0.05) is 13.0 Å². The van der Waals surface area contributed by atoms with Crippen LogP contribution in [0.3, 0.4) is 0 Å². The second-order valence-electron chi connectivity index (χ2n) is 3.94. The maximum atomic E-state index is 11.0. The number of aliphatic hydroxyl groups excluding tert-OH is 2. The van der Waals surface area contributed by atoms with Gasteiger partial charge in [-0.2, -0.15) is 0 Å². The van der Waals surface area contributed by atoms with Gasteiger partial charge in [-0.05, 0) is 6.42 Å².